The second kappa shape index (κ2) is 12.3. The van der Waals surface area contributed by atoms with Gasteiger partial charge in [-0.15, -0.1) is 0 Å². The van der Waals surface area contributed by atoms with Crippen LogP contribution in [0.2, 0.25) is 0 Å². The SMILES string of the molecule is CCN(CC)CCCC(C)Nc1c2ccc(NC(=O)N3CCCCC3)cc2nc2cc(OC)ccc12. The Hall–Kier alpha value is -3.06. The lowest BCUT2D eigenvalue weighted by atomic mass is 10.0. The zero-order valence-corrected chi connectivity index (χ0v) is 22.3. The maximum atomic E-state index is 12.8. The highest BCUT2D eigenvalue weighted by Gasteiger charge is 2.18. The third-order valence-corrected chi connectivity index (χ3v) is 7.27. The third-order valence-electron chi connectivity index (χ3n) is 7.27. The largest absolute Gasteiger partial charge is 0.497 e. The molecule has 1 aliphatic rings. The molecule has 2 aromatic carbocycles. The lowest BCUT2D eigenvalue weighted by Gasteiger charge is -2.27. The predicted octanol–water partition coefficient (Wildman–Crippen LogP) is 6.34. The summed E-state index contributed by atoms with van der Waals surface area (Å²) in [4.78, 5) is 22.1. The molecule has 1 saturated heterocycles. The Bertz CT molecular complexity index is 1170. The summed E-state index contributed by atoms with van der Waals surface area (Å²) in [7, 11) is 1.67. The minimum Gasteiger partial charge on any atom is -0.497 e. The van der Waals surface area contributed by atoms with Crippen molar-refractivity contribution in [2.45, 2.75) is 58.9 Å². The molecule has 2 heterocycles. The molecule has 1 aromatic heterocycles. The fourth-order valence-electron chi connectivity index (χ4n) is 5.07. The first-order valence-electron chi connectivity index (χ1n) is 13.5. The van der Waals surface area contributed by atoms with Gasteiger partial charge in [0.1, 0.15) is 5.75 Å². The highest BCUT2D eigenvalue weighted by atomic mass is 16.5. The van der Waals surface area contributed by atoms with Gasteiger partial charge < -0.3 is 25.2 Å². The van der Waals surface area contributed by atoms with Crippen LogP contribution in [0.25, 0.3) is 21.8 Å². The van der Waals surface area contributed by atoms with Crippen molar-refractivity contribution in [1.29, 1.82) is 0 Å². The van der Waals surface area contributed by atoms with Gasteiger partial charge in [-0.3, -0.25) is 0 Å². The summed E-state index contributed by atoms with van der Waals surface area (Å²) in [5.74, 6) is 0.780. The normalized spacial score (nSPS) is 14.9. The molecule has 2 N–H and O–H groups in total. The molecule has 0 aliphatic carbocycles. The number of fused-ring (bicyclic) bond motifs is 2. The Kier molecular flexibility index (Phi) is 8.86. The third kappa shape index (κ3) is 6.19. The fourth-order valence-corrected chi connectivity index (χ4v) is 5.07. The highest BCUT2D eigenvalue weighted by molar-refractivity contribution is 6.09. The highest BCUT2D eigenvalue weighted by Crippen LogP contribution is 2.34. The molecule has 0 saturated carbocycles. The van der Waals surface area contributed by atoms with E-state index in [-0.39, 0.29) is 6.03 Å². The molecule has 7 heteroatoms. The van der Waals surface area contributed by atoms with Crippen molar-refractivity contribution >= 4 is 39.2 Å². The van der Waals surface area contributed by atoms with Gasteiger partial charge in [-0.1, -0.05) is 13.8 Å². The number of ether oxygens (including phenoxy) is 1. The van der Waals surface area contributed by atoms with Crippen molar-refractivity contribution in [2.24, 2.45) is 0 Å². The number of carbonyl (C=O) groups is 1. The van der Waals surface area contributed by atoms with Crippen molar-refractivity contribution in [1.82, 2.24) is 14.8 Å². The van der Waals surface area contributed by atoms with Crippen LogP contribution in [-0.2, 0) is 0 Å². The van der Waals surface area contributed by atoms with E-state index in [9.17, 15) is 4.79 Å². The second-order valence-electron chi connectivity index (χ2n) is 9.79. The van der Waals surface area contributed by atoms with Gasteiger partial charge in [0.25, 0.3) is 0 Å². The van der Waals surface area contributed by atoms with Crippen molar-refractivity contribution in [3.63, 3.8) is 0 Å². The van der Waals surface area contributed by atoms with E-state index in [1.165, 1.54) is 6.42 Å². The van der Waals surface area contributed by atoms with Gasteiger partial charge in [0, 0.05) is 41.7 Å². The van der Waals surface area contributed by atoms with Crippen LogP contribution >= 0.6 is 0 Å². The zero-order valence-electron chi connectivity index (χ0n) is 22.3. The van der Waals surface area contributed by atoms with E-state index in [0.717, 1.165) is 97.3 Å². The smallest absolute Gasteiger partial charge is 0.321 e. The number of methoxy groups -OCH3 is 1. The number of hydrogen-bond acceptors (Lipinski definition) is 5. The number of nitrogens with zero attached hydrogens (tertiary/aromatic N) is 3. The first-order valence-corrected chi connectivity index (χ1v) is 13.5. The van der Waals surface area contributed by atoms with Crippen molar-refractivity contribution in [2.75, 3.05) is 50.5 Å². The van der Waals surface area contributed by atoms with Crippen LogP contribution in [0, 0.1) is 0 Å². The first kappa shape index (κ1) is 26.0. The van der Waals surface area contributed by atoms with E-state index in [1.807, 2.05) is 29.2 Å². The Morgan fingerprint density at radius 1 is 1.06 bits per heavy atom. The number of rotatable bonds is 10. The Balaban J connectivity index is 1.61. The lowest BCUT2D eigenvalue weighted by Crippen LogP contribution is -2.38. The van der Waals surface area contributed by atoms with E-state index in [1.54, 1.807) is 7.11 Å². The number of piperidine rings is 1. The molecule has 194 valence electrons. The van der Waals surface area contributed by atoms with Gasteiger partial charge >= 0.3 is 6.03 Å². The molecule has 4 rings (SSSR count). The maximum Gasteiger partial charge on any atom is 0.321 e. The number of hydrogen-bond donors (Lipinski definition) is 2. The minimum absolute atomic E-state index is 0.0309. The summed E-state index contributed by atoms with van der Waals surface area (Å²) in [6.07, 6.45) is 5.58. The molecule has 0 spiro atoms. The van der Waals surface area contributed by atoms with E-state index in [4.69, 9.17) is 9.72 Å². The maximum absolute atomic E-state index is 12.8. The standard InChI is InChI=1S/C29H41N5O2/c1-5-33(6-2)16-10-11-21(3)30-28-24-14-12-22(31-29(35)34-17-8-7-9-18-34)19-26(24)32-27-20-23(36-4)13-15-25(27)28/h12-15,19-21H,5-11,16-18H2,1-4H3,(H,30,32)(H,31,35). The molecule has 7 nitrogen and oxygen atoms in total. The van der Waals surface area contributed by atoms with Crippen LogP contribution < -0.4 is 15.4 Å². The molecule has 0 radical (unpaired) electrons. The van der Waals surface area contributed by atoms with Gasteiger partial charge in [-0.2, -0.15) is 0 Å². The monoisotopic (exact) mass is 491 g/mol. The average molecular weight is 492 g/mol. The van der Waals surface area contributed by atoms with Gasteiger partial charge in [0.2, 0.25) is 0 Å². The summed E-state index contributed by atoms with van der Waals surface area (Å²) in [6.45, 7) is 11.6. The van der Waals surface area contributed by atoms with Gasteiger partial charge in [-0.05, 0) is 89.0 Å². The first-order chi connectivity index (χ1) is 17.5. The summed E-state index contributed by atoms with van der Waals surface area (Å²) in [5.41, 5.74) is 3.58. The van der Waals surface area contributed by atoms with Crippen LogP contribution in [0.1, 0.15) is 52.9 Å². The molecule has 1 unspecified atom stereocenters. The number of benzene rings is 2. The molecule has 0 bridgehead atoms. The number of anilines is 2. The summed E-state index contributed by atoms with van der Waals surface area (Å²) < 4.78 is 5.47. The van der Waals surface area contributed by atoms with E-state index in [0.29, 0.717) is 6.04 Å². The number of urea groups is 1. The van der Waals surface area contributed by atoms with Crippen molar-refractivity contribution < 1.29 is 9.53 Å². The zero-order chi connectivity index (χ0) is 25.5. The number of nitrogens with one attached hydrogen (secondary N) is 2. The van der Waals surface area contributed by atoms with Crippen LogP contribution in [0.15, 0.2) is 36.4 Å². The average Bonchev–Trinajstić information content (AvgIpc) is 2.91. The predicted molar refractivity (Wildman–Crippen MR) is 150 cm³/mol. The molecule has 1 atom stereocenters. The summed E-state index contributed by atoms with van der Waals surface area (Å²) >= 11 is 0. The number of likely N-dealkylation sites (tertiary alicyclic amines) is 1. The molecule has 2 amide bonds. The van der Waals surface area contributed by atoms with E-state index >= 15 is 0 Å². The molecule has 1 fully saturated rings. The molecule has 3 aromatic rings. The van der Waals surface area contributed by atoms with Crippen LogP contribution in [0.3, 0.4) is 0 Å². The molecule has 1 aliphatic heterocycles. The van der Waals surface area contributed by atoms with Crippen molar-refractivity contribution in [3.05, 3.63) is 36.4 Å². The molecular weight excluding hydrogens is 450 g/mol. The lowest BCUT2D eigenvalue weighted by molar-refractivity contribution is 0.200. The molecular formula is C29H41N5O2. The Labute approximate surface area is 215 Å². The molecule has 36 heavy (non-hydrogen) atoms. The van der Waals surface area contributed by atoms with Gasteiger partial charge in [0.05, 0.1) is 23.8 Å². The summed E-state index contributed by atoms with van der Waals surface area (Å²) in [6, 6.07) is 12.4. The number of amides is 2. The van der Waals surface area contributed by atoms with Crippen molar-refractivity contribution in [3.8, 4) is 5.75 Å². The minimum atomic E-state index is -0.0309. The Morgan fingerprint density at radius 3 is 2.44 bits per heavy atom. The Morgan fingerprint density at radius 2 is 1.75 bits per heavy atom. The quantitative estimate of drug-likeness (QED) is 0.324. The van der Waals surface area contributed by atoms with Crippen LogP contribution in [0.4, 0.5) is 16.2 Å². The van der Waals surface area contributed by atoms with E-state index < -0.39 is 0 Å². The fraction of sp³-hybridized carbons (Fsp3) is 0.517. The van der Waals surface area contributed by atoms with Gasteiger partial charge in [0.15, 0.2) is 0 Å². The number of carbonyl (C=O) groups excluding carboxylic acids is 1. The second-order valence-corrected chi connectivity index (χ2v) is 9.79. The topological polar surface area (TPSA) is 69.7 Å². The number of aromatic nitrogens is 1. The van der Waals surface area contributed by atoms with Crippen LogP contribution in [0.5, 0.6) is 5.75 Å². The number of pyridine rings is 1. The summed E-state index contributed by atoms with van der Waals surface area (Å²) in [5, 5.41) is 9.00. The van der Waals surface area contributed by atoms with Gasteiger partial charge in [-0.25, -0.2) is 9.78 Å². The van der Waals surface area contributed by atoms with Crippen LogP contribution in [-0.4, -0.2) is 66.7 Å². The van der Waals surface area contributed by atoms with E-state index in [2.05, 4.69) is 48.4 Å².